The van der Waals surface area contributed by atoms with Crippen molar-refractivity contribution in [2.45, 2.75) is 6.18 Å². The number of carbonyl (C=O) groups excluding carboxylic acids is 1. The minimum atomic E-state index is -4.43. The van der Waals surface area contributed by atoms with E-state index in [1.807, 2.05) is 30.3 Å². The molecular formula is C18H18F3N3O. The quantitative estimate of drug-likeness (QED) is 0.887. The van der Waals surface area contributed by atoms with Gasteiger partial charge < -0.3 is 15.1 Å². The van der Waals surface area contributed by atoms with Crippen LogP contribution in [0.1, 0.15) is 5.56 Å². The van der Waals surface area contributed by atoms with E-state index in [2.05, 4.69) is 10.2 Å². The second kappa shape index (κ2) is 7.04. The Morgan fingerprint density at radius 2 is 1.60 bits per heavy atom. The van der Waals surface area contributed by atoms with Gasteiger partial charge >= 0.3 is 12.2 Å². The van der Waals surface area contributed by atoms with Gasteiger partial charge in [-0.15, -0.1) is 0 Å². The molecule has 25 heavy (non-hydrogen) atoms. The standard InChI is InChI=1S/C18H18F3N3O/c19-18(20,21)14-5-4-6-15(13-14)22-17(25)24-11-9-23(10-12-24)16-7-2-1-3-8-16/h1-8,13H,9-12H2,(H,22,25). The number of anilines is 2. The van der Waals surface area contributed by atoms with Crippen LogP contribution < -0.4 is 10.2 Å². The Kier molecular flexibility index (Phi) is 4.83. The third-order valence-electron chi connectivity index (χ3n) is 4.13. The predicted octanol–water partition coefficient (Wildman–Crippen LogP) is 4.06. The van der Waals surface area contributed by atoms with Crippen molar-refractivity contribution in [3.05, 3.63) is 60.2 Å². The van der Waals surface area contributed by atoms with Gasteiger partial charge in [-0.25, -0.2) is 4.79 Å². The van der Waals surface area contributed by atoms with Crippen LogP contribution >= 0.6 is 0 Å². The van der Waals surface area contributed by atoms with Crippen molar-refractivity contribution in [2.24, 2.45) is 0 Å². The molecule has 4 nitrogen and oxygen atoms in total. The van der Waals surface area contributed by atoms with Gasteiger partial charge in [0.05, 0.1) is 5.56 Å². The Balaban J connectivity index is 1.58. The van der Waals surface area contributed by atoms with Crippen LogP contribution in [0, 0.1) is 0 Å². The number of benzene rings is 2. The first-order valence-corrected chi connectivity index (χ1v) is 7.97. The molecule has 0 radical (unpaired) electrons. The molecule has 0 unspecified atom stereocenters. The SMILES string of the molecule is O=C(Nc1cccc(C(F)(F)F)c1)N1CCN(c2ccccc2)CC1. The van der Waals surface area contributed by atoms with Crippen molar-refractivity contribution in [2.75, 3.05) is 36.4 Å². The molecule has 1 saturated heterocycles. The third-order valence-corrected chi connectivity index (χ3v) is 4.13. The fourth-order valence-corrected chi connectivity index (χ4v) is 2.78. The number of nitrogens with zero attached hydrogens (tertiary/aromatic N) is 2. The highest BCUT2D eigenvalue weighted by molar-refractivity contribution is 5.89. The van der Waals surface area contributed by atoms with E-state index >= 15 is 0 Å². The molecule has 1 N–H and O–H groups in total. The molecule has 2 aromatic rings. The van der Waals surface area contributed by atoms with Gasteiger partial charge in [-0.2, -0.15) is 13.2 Å². The van der Waals surface area contributed by atoms with Crippen LogP contribution in [0.3, 0.4) is 0 Å². The number of hydrogen-bond acceptors (Lipinski definition) is 2. The summed E-state index contributed by atoms with van der Waals surface area (Å²) in [5, 5.41) is 2.55. The van der Waals surface area contributed by atoms with Gasteiger partial charge in [0.15, 0.2) is 0 Å². The highest BCUT2D eigenvalue weighted by Gasteiger charge is 2.30. The number of hydrogen-bond donors (Lipinski definition) is 1. The lowest BCUT2D eigenvalue weighted by atomic mass is 10.2. The van der Waals surface area contributed by atoms with Gasteiger partial charge in [0, 0.05) is 37.6 Å². The Morgan fingerprint density at radius 3 is 2.24 bits per heavy atom. The predicted molar refractivity (Wildman–Crippen MR) is 90.7 cm³/mol. The van der Waals surface area contributed by atoms with Crippen LogP contribution in [-0.2, 0) is 6.18 Å². The summed E-state index contributed by atoms with van der Waals surface area (Å²) in [7, 11) is 0. The van der Waals surface area contributed by atoms with Gasteiger partial charge in [-0.3, -0.25) is 0 Å². The average Bonchev–Trinajstić information content (AvgIpc) is 2.62. The topological polar surface area (TPSA) is 35.6 Å². The highest BCUT2D eigenvalue weighted by Crippen LogP contribution is 2.30. The van der Waals surface area contributed by atoms with E-state index in [4.69, 9.17) is 0 Å². The molecule has 0 bridgehead atoms. The summed E-state index contributed by atoms with van der Waals surface area (Å²) < 4.78 is 38.2. The molecule has 2 aromatic carbocycles. The lowest BCUT2D eigenvalue weighted by molar-refractivity contribution is -0.137. The maximum absolute atomic E-state index is 12.7. The third kappa shape index (κ3) is 4.23. The lowest BCUT2D eigenvalue weighted by Crippen LogP contribution is -2.50. The molecule has 1 fully saturated rings. The Labute approximate surface area is 143 Å². The number of alkyl halides is 3. The van der Waals surface area contributed by atoms with E-state index in [-0.39, 0.29) is 11.7 Å². The summed E-state index contributed by atoms with van der Waals surface area (Å²) in [5.41, 5.74) is 0.463. The number of para-hydroxylation sites is 1. The van der Waals surface area contributed by atoms with Crippen LogP contribution in [0.5, 0.6) is 0 Å². The van der Waals surface area contributed by atoms with Gasteiger partial charge in [0.1, 0.15) is 0 Å². The zero-order valence-corrected chi connectivity index (χ0v) is 13.5. The fourth-order valence-electron chi connectivity index (χ4n) is 2.78. The van der Waals surface area contributed by atoms with E-state index in [0.717, 1.165) is 17.8 Å². The maximum atomic E-state index is 12.7. The first-order chi connectivity index (χ1) is 11.9. The Morgan fingerprint density at radius 1 is 0.920 bits per heavy atom. The van der Waals surface area contributed by atoms with Crippen molar-refractivity contribution in [3.8, 4) is 0 Å². The van der Waals surface area contributed by atoms with Gasteiger partial charge in [-0.05, 0) is 30.3 Å². The smallest absolute Gasteiger partial charge is 0.368 e. The first-order valence-electron chi connectivity index (χ1n) is 7.97. The van der Waals surface area contributed by atoms with E-state index in [9.17, 15) is 18.0 Å². The summed E-state index contributed by atoms with van der Waals surface area (Å²) in [4.78, 5) is 16.1. The Hall–Kier alpha value is -2.70. The number of rotatable bonds is 2. The molecular weight excluding hydrogens is 331 g/mol. The maximum Gasteiger partial charge on any atom is 0.416 e. The summed E-state index contributed by atoms with van der Waals surface area (Å²) in [6.45, 7) is 2.39. The summed E-state index contributed by atoms with van der Waals surface area (Å²) in [6, 6.07) is 14.2. The van der Waals surface area contributed by atoms with Crippen LogP contribution in [0.4, 0.5) is 29.3 Å². The largest absolute Gasteiger partial charge is 0.416 e. The molecule has 3 rings (SSSR count). The van der Waals surface area contributed by atoms with Crippen molar-refractivity contribution >= 4 is 17.4 Å². The minimum absolute atomic E-state index is 0.144. The summed E-state index contributed by atoms with van der Waals surface area (Å²) in [6.07, 6.45) is -4.43. The van der Waals surface area contributed by atoms with Gasteiger partial charge in [0.2, 0.25) is 0 Å². The van der Waals surface area contributed by atoms with E-state index < -0.39 is 11.7 Å². The lowest BCUT2D eigenvalue weighted by Gasteiger charge is -2.36. The van der Waals surface area contributed by atoms with Crippen LogP contribution in [-0.4, -0.2) is 37.1 Å². The molecule has 1 heterocycles. The van der Waals surface area contributed by atoms with Crippen LogP contribution in [0.15, 0.2) is 54.6 Å². The van der Waals surface area contributed by atoms with Crippen molar-refractivity contribution in [3.63, 3.8) is 0 Å². The van der Waals surface area contributed by atoms with Gasteiger partial charge in [-0.1, -0.05) is 24.3 Å². The van der Waals surface area contributed by atoms with Crippen molar-refractivity contribution in [1.29, 1.82) is 0 Å². The number of amides is 2. The zero-order chi connectivity index (χ0) is 17.9. The highest BCUT2D eigenvalue weighted by atomic mass is 19.4. The Bertz CT molecular complexity index is 726. The number of halogens is 3. The molecule has 0 saturated carbocycles. The van der Waals surface area contributed by atoms with Crippen molar-refractivity contribution < 1.29 is 18.0 Å². The molecule has 132 valence electrons. The van der Waals surface area contributed by atoms with E-state index in [1.165, 1.54) is 12.1 Å². The molecule has 1 aliphatic rings. The molecule has 1 aliphatic heterocycles. The minimum Gasteiger partial charge on any atom is -0.368 e. The summed E-state index contributed by atoms with van der Waals surface area (Å²) in [5.74, 6) is 0. The molecule has 0 aromatic heterocycles. The summed E-state index contributed by atoms with van der Waals surface area (Å²) >= 11 is 0. The number of nitrogens with one attached hydrogen (secondary N) is 1. The second-order valence-electron chi connectivity index (χ2n) is 5.82. The fraction of sp³-hybridized carbons (Fsp3) is 0.278. The molecule has 7 heteroatoms. The van der Waals surface area contributed by atoms with Crippen LogP contribution in [0.25, 0.3) is 0 Å². The molecule has 0 spiro atoms. The normalized spacial score (nSPS) is 15.2. The number of carbonyl (C=O) groups is 1. The van der Waals surface area contributed by atoms with E-state index in [1.54, 1.807) is 4.90 Å². The zero-order valence-electron chi connectivity index (χ0n) is 13.5. The number of urea groups is 1. The second-order valence-corrected chi connectivity index (χ2v) is 5.82. The molecule has 0 aliphatic carbocycles. The number of piperazine rings is 1. The monoisotopic (exact) mass is 349 g/mol. The van der Waals surface area contributed by atoms with Crippen LogP contribution in [0.2, 0.25) is 0 Å². The van der Waals surface area contributed by atoms with Gasteiger partial charge in [0.25, 0.3) is 0 Å². The van der Waals surface area contributed by atoms with E-state index in [0.29, 0.717) is 26.2 Å². The average molecular weight is 349 g/mol. The molecule has 2 amide bonds. The molecule has 0 atom stereocenters. The van der Waals surface area contributed by atoms with Crippen molar-refractivity contribution in [1.82, 2.24) is 4.90 Å². The first kappa shape index (κ1) is 17.1.